The Bertz CT molecular complexity index is 1160. The van der Waals surface area contributed by atoms with E-state index >= 15 is 0 Å². The van der Waals surface area contributed by atoms with Gasteiger partial charge in [-0.3, -0.25) is 9.13 Å². The lowest BCUT2D eigenvalue weighted by Gasteiger charge is -2.29. The van der Waals surface area contributed by atoms with E-state index < -0.39 is 5.82 Å². The van der Waals surface area contributed by atoms with Crippen LogP contribution < -0.4 is 11.0 Å². The van der Waals surface area contributed by atoms with Gasteiger partial charge in [0.1, 0.15) is 5.82 Å². The van der Waals surface area contributed by atoms with Crippen LogP contribution in [0.25, 0.3) is 17.1 Å². The van der Waals surface area contributed by atoms with Crippen LogP contribution in [-0.4, -0.2) is 63.4 Å². The number of benzene rings is 1. The third-order valence-corrected chi connectivity index (χ3v) is 6.53. The van der Waals surface area contributed by atoms with Gasteiger partial charge in [0.15, 0.2) is 0 Å². The molecule has 33 heavy (non-hydrogen) atoms. The number of nitrogens with one attached hydrogen (secondary N) is 1. The van der Waals surface area contributed by atoms with E-state index in [9.17, 15) is 9.18 Å². The summed E-state index contributed by atoms with van der Waals surface area (Å²) in [5.74, 6) is 0.149. The SMILES string of the molecule is CN1CCC(Nc2nccc(-c3cn(C4CCOCC4)c(=O)n3-c3cccc(F)c3)n2)CC1. The van der Waals surface area contributed by atoms with Crippen molar-refractivity contribution in [3.63, 3.8) is 0 Å². The fourth-order valence-electron chi connectivity index (χ4n) is 4.64. The summed E-state index contributed by atoms with van der Waals surface area (Å²) in [6.45, 7) is 3.31. The molecule has 1 aromatic carbocycles. The first-order chi connectivity index (χ1) is 16.1. The maximum absolute atomic E-state index is 14.1. The van der Waals surface area contributed by atoms with E-state index in [-0.39, 0.29) is 11.7 Å². The van der Waals surface area contributed by atoms with Crippen LogP contribution in [-0.2, 0) is 4.74 Å². The molecular formula is C24H29FN6O2. The monoisotopic (exact) mass is 452 g/mol. The number of hydrogen-bond donors (Lipinski definition) is 1. The number of halogens is 1. The molecule has 2 saturated heterocycles. The number of imidazole rings is 1. The van der Waals surface area contributed by atoms with E-state index in [1.807, 2.05) is 6.20 Å². The van der Waals surface area contributed by atoms with Crippen molar-refractivity contribution in [2.45, 2.75) is 37.8 Å². The molecule has 0 atom stereocenters. The van der Waals surface area contributed by atoms with Gasteiger partial charge in [-0.1, -0.05) is 6.07 Å². The molecule has 0 bridgehead atoms. The third-order valence-electron chi connectivity index (χ3n) is 6.53. The summed E-state index contributed by atoms with van der Waals surface area (Å²) in [7, 11) is 2.13. The predicted octanol–water partition coefficient (Wildman–Crippen LogP) is 3.09. The molecule has 2 aromatic heterocycles. The van der Waals surface area contributed by atoms with Gasteiger partial charge < -0.3 is 15.0 Å². The first-order valence-corrected chi connectivity index (χ1v) is 11.5. The molecule has 2 aliphatic rings. The van der Waals surface area contributed by atoms with E-state index in [4.69, 9.17) is 9.72 Å². The summed E-state index contributed by atoms with van der Waals surface area (Å²) in [6, 6.07) is 8.24. The summed E-state index contributed by atoms with van der Waals surface area (Å²) in [5, 5.41) is 3.45. The maximum atomic E-state index is 14.1. The van der Waals surface area contributed by atoms with Crippen LogP contribution in [0.5, 0.6) is 0 Å². The van der Waals surface area contributed by atoms with E-state index in [0.29, 0.717) is 42.3 Å². The highest BCUT2D eigenvalue weighted by Gasteiger charge is 2.24. The fourth-order valence-corrected chi connectivity index (χ4v) is 4.64. The minimum Gasteiger partial charge on any atom is -0.381 e. The van der Waals surface area contributed by atoms with Gasteiger partial charge in [-0.05, 0) is 70.1 Å². The molecule has 0 amide bonds. The number of hydrogen-bond acceptors (Lipinski definition) is 6. The summed E-state index contributed by atoms with van der Waals surface area (Å²) < 4.78 is 22.8. The first kappa shape index (κ1) is 21.8. The van der Waals surface area contributed by atoms with Gasteiger partial charge in [0.25, 0.3) is 0 Å². The second-order valence-corrected chi connectivity index (χ2v) is 8.85. The molecule has 2 fully saturated rings. The van der Waals surface area contributed by atoms with Crippen LogP contribution in [0.2, 0.25) is 0 Å². The molecule has 4 heterocycles. The van der Waals surface area contributed by atoms with Crippen molar-refractivity contribution in [3.8, 4) is 17.1 Å². The van der Waals surface area contributed by atoms with Gasteiger partial charge in [-0.15, -0.1) is 0 Å². The van der Waals surface area contributed by atoms with E-state index in [2.05, 4.69) is 22.2 Å². The molecular weight excluding hydrogens is 423 g/mol. The summed E-state index contributed by atoms with van der Waals surface area (Å²) >= 11 is 0. The van der Waals surface area contributed by atoms with Crippen molar-refractivity contribution in [2.24, 2.45) is 0 Å². The molecule has 8 nitrogen and oxygen atoms in total. The smallest absolute Gasteiger partial charge is 0.333 e. The largest absolute Gasteiger partial charge is 0.381 e. The molecule has 9 heteroatoms. The predicted molar refractivity (Wildman–Crippen MR) is 124 cm³/mol. The van der Waals surface area contributed by atoms with Gasteiger partial charge in [0.05, 0.1) is 17.1 Å². The van der Waals surface area contributed by atoms with Crippen LogP contribution in [0.1, 0.15) is 31.7 Å². The number of ether oxygens (including phenoxy) is 1. The topological polar surface area (TPSA) is 77.2 Å². The number of piperidine rings is 1. The second kappa shape index (κ2) is 9.44. The Morgan fingerprint density at radius 2 is 1.91 bits per heavy atom. The fraction of sp³-hybridized carbons (Fsp3) is 0.458. The first-order valence-electron chi connectivity index (χ1n) is 11.5. The molecule has 5 rings (SSSR count). The van der Waals surface area contributed by atoms with E-state index in [0.717, 1.165) is 38.8 Å². The average molecular weight is 453 g/mol. The van der Waals surface area contributed by atoms with Crippen LogP contribution in [0.3, 0.4) is 0 Å². The number of nitrogens with zero attached hydrogens (tertiary/aromatic N) is 5. The van der Waals surface area contributed by atoms with Gasteiger partial charge in [0, 0.05) is 37.7 Å². The van der Waals surface area contributed by atoms with Crippen molar-refractivity contribution in [2.75, 3.05) is 38.7 Å². The van der Waals surface area contributed by atoms with E-state index in [1.165, 1.54) is 12.1 Å². The Morgan fingerprint density at radius 1 is 1.12 bits per heavy atom. The van der Waals surface area contributed by atoms with Gasteiger partial charge in [0.2, 0.25) is 5.95 Å². The molecule has 0 unspecified atom stereocenters. The Morgan fingerprint density at radius 3 is 2.67 bits per heavy atom. The maximum Gasteiger partial charge on any atom is 0.333 e. The standard InChI is InChI=1S/C24H29FN6O2/c1-29-11-6-18(7-12-29)27-23-26-10-5-21(28-23)22-16-30(19-8-13-33-14-9-19)24(32)31(22)20-4-2-3-17(25)15-20/h2-5,10,15-16,18-19H,6-9,11-14H2,1H3,(H,26,27,28). The number of aromatic nitrogens is 4. The van der Waals surface area contributed by atoms with Crippen LogP contribution in [0.4, 0.5) is 10.3 Å². The highest BCUT2D eigenvalue weighted by molar-refractivity contribution is 5.59. The molecule has 2 aliphatic heterocycles. The normalized spacial score (nSPS) is 18.5. The van der Waals surface area contributed by atoms with Gasteiger partial charge >= 0.3 is 5.69 Å². The quantitative estimate of drug-likeness (QED) is 0.641. The number of rotatable bonds is 5. The zero-order valence-electron chi connectivity index (χ0n) is 18.8. The van der Waals surface area contributed by atoms with Gasteiger partial charge in [-0.25, -0.2) is 19.2 Å². The van der Waals surface area contributed by atoms with Gasteiger partial charge in [-0.2, -0.15) is 0 Å². The molecule has 0 aliphatic carbocycles. The van der Waals surface area contributed by atoms with Crippen molar-refractivity contribution in [3.05, 3.63) is 59.0 Å². The Hall–Kier alpha value is -3.04. The Labute approximate surface area is 192 Å². The Kier molecular flexibility index (Phi) is 6.24. The zero-order chi connectivity index (χ0) is 22.8. The van der Waals surface area contributed by atoms with E-state index in [1.54, 1.807) is 33.5 Å². The summed E-state index contributed by atoms with van der Waals surface area (Å²) in [4.78, 5) is 25.0. The lowest BCUT2D eigenvalue weighted by atomic mass is 10.1. The zero-order valence-corrected chi connectivity index (χ0v) is 18.8. The second-order valence-electron chi connectivity index (χ2n) is 8.85. The van der Waals surface area contributed by atoms with Crippen LogP contribution >= 0.6 is 0 Å². The highest BCUT2D eigenvalue weighted by Crippen LogP contribution is 2.26. The average Bonchev–Trinajstić information content (AvgIpc) is 3.18. The molecule has 3 aromatic rings. The molecule has 174 valence electrons. The minimum atomic E-state index is -0.392. The lowest BCUT2D eigenvalue weighted by Crippen LogP contribution is -2.37. The molecule has 0 spiro atoms. The lowest BCUT2D eigenvalue weighted by molar-refractivity contribution is 0.0686. The molecule has 0 radical (unpaired) electrons. The van der Waals surface area contributed by atoms with Crippen molar-refractivity contribution >= 4 is 5.95 Å². The van der Waals surface area contributed by atoms with Crippen molar-refractivity contribution < 1.29 is 9.13 Å². The summed E-state index contributed by atoms with van der Waals surface area (Å²) in [6.07, 6.45) is 7.12. The van der Waals surface area contributed by atoms with Crippen LogP contribution in [0.15, 0.2) is 47.5 Å². The summed E-state index contributed by atoms with van der Waals surface area (Å²) in [5.41, 5.74) is 1.51. The molecule has 0 saturated carbocycles. The number of likely N-dealkylation sites (tertiary alicyclic amines) is 1. The minimum absolute atomic E-state index is 0.0403. The third kappa shape index (κ3) is 4.69. The highest BCUT2D eigenvalue weighted by atomic mass is 19.1. The number of anilines is 1. The van der Waals surface area contributed by atoms with Crippen LogP contribution in [0, 0.1) is 5.82 Å². The van der Waals surface area contributed by atoms with Crippen molar-refractivity contribution in [1.82, 2.24) is 24.0 Å². The van der Waals surface area contributed by atoms with Crippen molar-refractivity contribution in [1.29, 1.82) is 0 Å². The molecule has 1 N–H and O–H groups in total. The Balaban J connectivity index is 1.53.